The van der Waals surface area contributed by atoms with E-state index in [4.69, 9.17) is 0 Å². The van der Waals surface area contributed by atoms with Crippen LogP contribution in [0.1, 0.15) is 5.56 Å². The Morgan fingerprint density at radius 1 is 0.903 bits per heavy atom. The molecular weight excluding hydrogens is 436 g/mol. The lowest BCUT2D eigenvalue weighted by atomic mass is 10.2. The summed E-state index contributed by atoms with van der Waals surface area (Å²) in [6.07, 6.45) is -4.70. The number of carbonyl (C=O) groups excluding carboxylic acids is 1. The first-order valence-corrected chi connectivity index (χ1v) is 10.3. The highest BCUT2D eigenvalue weighted by molar-refractivity contribution is 7.92. The van der Waals surface area contributed by atoms with Crippen molar-refractivity contribution in [1.82, 2.24) is 0 Å². The van der Waals surface area contributed by atoms with E-state index >= 15 is 0 Å². The van der Waals surface area contributed by atoms with Gasteiger partial charge in [-0.2, -0.15) is 13.2 Å². The number of halogens is 4. The fraction of sp³-hybridized carbons (Fsp3) is 0.0952. The van der Waals surface area contributed by atoms with Crippen LogP contribution in [-0.2, 0) is 21.0 Å². The number of sulfonamides is 1. The predicted molar refractivity (Wildman–Crippen MR) is 107 cm³/mol. The van der Waals surface area contributed by atoms with Crippen molar-refractivity contribution in [2.45, 2.75) is 11.1 Å². The van der Waals surface area contributed by atoms with Crippen LogP contribution in [0.5, 0.6) is 0 Å². The molecule has 162 valence electrons. The van der Waals surface area contributed by atoms with Gasteiger partial charge in [0, 0.05) is 5.69 Å². The van der Waals surface area contributed by atoms with Gasteiger partial charge in [0.1, 0.15) is 12.4 Å². The summed E-state index contributed by atoms with van der Waals surface area (Å²) >= 11 is 0. The summed E-state index contributed by atoms with van der Waals surface area (Å²) < 4.78 is 79.4. The van der Waals surface area contributed by atoms with Crippen molar-refractivity contribution in [3.8, 4) is 0 Å². The monoisotopic (exact) mass is 452 g/mol. The molecular formula is C21H16F4N2O3S. The lowest BCUT2D eigenvalue weighted by Crippen LogP contribution is -2.38. The van der Waals surface area contributed by atoms with Crippen LogP contribution in [0.25, 0.3) is 0 Å². The third-order valence-corrected chi connectivity index (χ3v) is 6.00. The summed E-state index contributed by atoms with van der Waals surface area (Å²) in [5.74, 6) is -1.35. The highest BCUT2D eigenvalue weighted by Gasteiger charge is 2.33. The second kappa shape index (κ2) is 8.76. The number of rotatable bonds is 6. The van der Waals surface area contributed by atoms with Gasteiger partial charge in [-0.25, -0.2) is 12.8 Å². The summed E-state index contributed by atoms with van der Waals surface area (Å²) in [6.45, 7) is -0.796. The van der Waals surface area contributed by atoms with Crippen molar-refractivity contribution < 1.29 is 30.8 Å². The molecule has 3 aromatic rings. The molecule has 0 radical (unpaired) electrons. The van der Waals surface area contributed by atoms with Gasteiger partial charge in [0.25, 0.3) is 10.0 Å². The highest BCUT2D eigenvalue weighted by atomic mass is 32.2. The second-order valence-electron chi connectivity index (χ2n) is 6.43. The summed E-state index contributed by atoms with van der Waals surface area (Å²) in [5, 5.41) is 2.40. The zero-order valence-electron chi connectivity index (χ0n) is 15.8. The molecule has 0 aliphatic carbocycles. The van der Waals surface area contributed by atoms with Crippen LogP contribution in [0.15, 0.2) is 83.8 Å². The van der Waals surface area contributed by atoms with Gasteiger partial charge in [0.2, 0.25) is 5.91 Å². The molecule has 3 rings (SSSR count). The smallest absolute Gasteiger partial charge is 0.325 e. The first-order chi connectivity index (χ1) is 14.6. The van der Waals surface area contributed by atoms with Gasteiger partial charge < -0.3 is 5.32 Å². The molecule has 0 aromatic heterocycles. The largest absolute Gasteiger partial charge is 0.416 e. The first-order valence-electron chi connectivity index (χ1n) is 8.88. The van der Waals surface area contributed by atoms with Crippen LogP contribution in [-0.4, -0.2) is 20.9 Å². The number of amides is 1. The molecule has 0 aliphatic heterocycles. The van der Waals surface area contributed by atoms with Crippen LogP contribution >= 0.6 is 0 Å². The number of hydrogen-bond donors (Lipinski definition) is 1. The van der Waals surface area contributed by atoms with Crippen molar-refractivity contribution in [3.05, 3.63) is 90.2 Å². The molecule has 0 spiro atoms. The van der Waals surface area contributed by atoms with E-state index in [2.05, 4.69) is 5.32 Å². The Kier molecular flexibility index (Phi) is 6.30. The Morgan fingerprint density at radius 3 is 2.16 bits per heavy atom. The fourth-order valence-corrected chi connectivity index (χ4v) is 4.17. The maximum absolute atomic E-state index is 13.2. The Balaban J connectivity index is 1.99. The molecule has 3 aromatic carbocycles. The van der Waals surface area contributed by atoms with Crippen LogP contribution < -0.4 is 9.62 Å². The number of carbonyl (C=O) groups is 1. The zero-order valence-corrected chi connectivity index (χ0v) is 16.6. The molecule has 0 atom stereocenters. The van der Waals surface area contributed by atoms with E-state index in [-0.39, 0.29) is 16.3 Å². The molecule has 0 bridgehead atoms. The number of nitrogens with one attached hydrogen (secondary N) is 1. The topological polar surface area (TPSA) is 66.5 Å². The summed E-state index contributed by atoms with van der Waals surface area (Å²) in [5.41, 5.74) is -1.18. The first kappa shape index (κ1) is 22.3. The minimum absolute atomic E-state index is 0.193. The molecule has 1 N–H and O–H groups in total. The zero-order chi connectivity index (χ0) is 22.6. The van der Waals surface area contributed by atoms with Crippen molar-refractivity contribution in [2.24, 2.45) is 0 Å². The van der Waals surface area contributed by atoms with E-state index in [1.54, 1.807) is 6.07 Å². The summed E-state index contributed by atoms with van der Waals surface area (Å²) in [6, 6.07) is 15.5. The Labute approximate surface area is 176 Å². The summed E-state index contributed by atoms with van der Waals surface area (Å²) in [4.78, 5) is 12.3. The standard InChI is InChI=1S/C21H16F4N2O3S/c22-16-9-11-17(12-10-16)26-20(28)14-27(31(29,30)19-7-2-1-3-8-19)18-6-4-5-15(13-18)21(23,24)25/h1-13H,14H2,(H,26,28). The SMILES string of the molecule is O=C(CN(c1cccc(C(F)(F)F)c1)S(=O)(=O)c1ccccc1)Nc1ccc(F)cc1. The minimum Gasteiger partial charge on any atom is -0.325 e. The van der Waals surface area contributed by atoms with Crippen molar-refractivity contribution in [3.63, 3.8) is 0 Å². The molecule has 0 saturated carbocycles. The van der Waals surface area contributed by atoms with Gasteiger partial charge in [-0.1, -0.05) is 24.3 Å². The average Bonchev–Trinajstić information content (AvgIpc) is 2.74. The Morgan fingerprint density at radius 2 is 1.55 bits per heavy atom. The predicted octanol–water partition coefficient (Wildman–Crippen LogP) is 4.68. The van der Waals surface area contributed by atoms with E-state index in [1.165, 1.54) is 42.5 Å². The fourth-order valence-electron chi connectivity index (χ4n) is 2.74. The molecule has 0 heterocycles. The van der Waals surface area contributed by atoms with Crippen LogP contribution in [0, 0.1) is 5.82 Å². The molecule has 0 aliphatic rings. The van der Waals surface area contributed by atoms with Gasteiger partial charge in [-0.15, -0.1) is 0 Å². The van der Waals surface area contributed by atoms with E-state index in [9.17, 15) is 30.8 Å². The number of hydrogen-bond acceptors (Lipinski definition) is 3. The number of benzene rings is 3. The molecule has 0 fully saturated rings. The average molecular weight is 452 g/mol. The number of alkyl halides is 3. The van der Waals surface area contributed by atoms with Gasteiger partial charge >= 0.3 is 6.18 Å². The molecule has 10 heteroatoms. The third kappa shape index (κ3) is 5.40. The number of anilines is 2. The van der Waals surface area contributed by atoms with Gasteiger partial charge in [-0.05, 0) is 54.6 Å². The van der Waals surface area contributed by atoms with Gasteiger partial charge in [-0.3, -0.25) is 9.10 Å². The molecule has 5 nitrogen and oxygen atoms in total. The van der Waals surface area contributed by atoms with Crippen LogP contribution in [0.3, 0.4) is 0 Å². The summed E-state index contributed by atoms with van der Waals surface area (Å²) in [7, 11) is -4.37. The van der Waals surface area contributed by atoms with Crippen molar-refractivity contribution in [1.29, 1.82) is 0 Å². The maximum atomic E-state index is 13.2. The van der Waals surface area contributed by atoms with E-state index in [1.807, 2.05) is 0 Å². The Hall–Kier alpha value is -3.40. The van der Waals surface area contributed by atoms with Crippen molar-refractivity contribution >= 4 is 27.3 Å². The Bertz CT molecular complexity index is 1170. The minimum atomic E-state index is -4.70. The number of nitrogens with zero attached hydrogens (tertiary/aromatic N) is 1. The van der Waals surface area contributed by atoms with E-state index in [0.717, 1.165) is 24.3 Å². The lowest BCUT2D eigenvalue weighted by molar-refractivity contribution is -0.137. The molecule has 0 unspecified atom stereocenters. The van der Waals surface area contributed by atoms with Crippen LogP contribution in [0.2, 0.25) is 0 Å². The normalized spacial score (nSPS) is 11.7. The highest BCUT2D eigenvalue weighted by Crippen LogP contribution is 2.33. The van der Waals surface area contributed by atoms with Gasteiger partial charge in [0.15, 0.2) is 0 Å². The maximum Gasteiger partial charge on any atom is 0.416 e. The van der Waals surface area contributed by atoms with E-state index in [0.29, 0.717) is 10.4 Å². The molecule has 1 amide bonds. The van der Waals surface area contributed by atoms with Gasteiger partial charge in [0.05, 0.1) is 16.1 Å². The molecule has 0 saturated heterocycles. The third-order valence-electron chi connectivity index (χ3n) is 4.21. The second-order valence-corrected chi connectivity index (χ2v) is 8.29. The quantitative estimate of drug-likeness (QED) is 0.553. The lowest BCUT2D eigenvalue weighted by Gasteiger charge is -2.25. The molecule has 31 heavy (non-hydrogen) atoms. The van der Waals surface area contributed by atoms with E-state index < -0.39 is 40.0 Å². The van der Waals surface area contributed by atoms with Crippen molar-refractivity contribution in [2.75, 3.05) is 16.2 Å². The van der Waals surface area contributed by atoms with Crippen LogP contribution in [0.4, 0.5) is 28.9 Å².